The first kappa shape index (κ1) is 11.5. The summed E-state index contributed by atoms with van der Waals surface area (Å²) in [6.07, 6.45) is 1.27. The van der Waals surface area contributed by atoms with Crippen LogP contribution in [0.15, 0.2) is 0 Å². The van der Waals surface area contributed by atoms with E-state index >= 15 is 0 Å². The van der Waals surface area contributed by atoms with Crippen molar-refractivity contribution in [1.29, 1.82) is 0 Å². The molecule has 1 unspecified atom stereocenters. The van der Waals surface area contributed by atoms with Gasteiger partial charge in [0.25, 0.3) is 0 Å². The van der Waals surface area contributed by atoms with E-state index in [-0.39, 0.29) is 18.3 Å². The zero-order valence-electron chi connectivity index (χ0n) is 10.8. The fourth-order valence-corrected chi connectivity index (χ4v) is 2.38. The number of hydrogen-bond acceptors (Lipinski definition) is 2. The van der Waals surface area contributed by atoms with Gasteiger partial charge in [-0.15, -0.1) is 0 Å². The lowest BCUT2D eigenvalue weighted by Gasteiger charge is -2.32. The summed E-state index contributed by atoms with van der Waals surface area (Å²) in [7, 11) is 0.0300. The Labute approximate surface area is 93.9 Å². The van der Waals surface area contributed by atoms with Crippen molar-refractivity contribution in [2.45, 2.75) is 65.0 Å². The molecule has 0 bridgehead atoms. The number of rotatable bonds is 2. The fourth-order valence-electron chi connectivity index (χ4n) is 2.38. The van der Waals surface area contributed by atoms with Crippen LogP contribution in [0.4, 0.5) is 0 Å². The molecule has 86 valence electrons. The normalized spacial score (nSPS) is 37.4. The van der Waals surface area contributed by atoms with Crippen LogP contribution in [0.5, 0.6) is 0 Å². The minimum Gasteiger partial charge on any atom is -0.403 e. The third-order valence-corrected chi connectivity index (χ3v) is 4.37. The van der Waals surface area contributed by atoms with Gasteiger partial charge < -0.3 is 9.31 Å². The maximum Gasteiger partial charge on any atom is 0.461 e. The maximum absolute atomic E-state index is 6.05. The molecule has 3 heteroatoms. The van der Waals surface area contributed by atoms with Crippen LogP contribution in [0.3, 0.4) is 0 Å². The molecular formula is C12H23BO2. The van der Waals surface area contributed by atoms with Crippen molar-refractivity contribution in [3.63, 3.8) is 0 Å². The molecular weight excluding hydrogens is 187 g/mol. The predicted octanol–water partition coefficient (Wildman–Crippen LogP) is 3.12. The molecule has 2 nitrogen and oxygen atoms in total. The van der Waals surface area contributed by atoms with Gasteiger partial charge in [0.15, 0.2) is 0 Å². The second kappa shape index (κ2) is 3.24. The Hall–Kier alpha value is -0.0151. The maximum atomic E-state index is 6.05. The summed E-state index contributed by atoms with van der Waals surface area (Å²) in [6, 6.07) is 0. The summed E-state index contributed by atoms with van der Waals surface area (Å²) in [6.45, 7) is 13.1. The van der Waals surface area contributed by atoms with Gasteiger partial charge in [-0.2, -0.15) is 0 Å². The van der Waals surface area contributed by atoms with Gasteiger partial charge >= 0.3 is 7.12 Å². The van der Waals surface area contributed by atoms with Crippen LogP contribution in [-0.4, -0.2) is 18.3 Å². The van der Waals surface area contributed by atoms with Gasteiger partial charge in [0.05, 0.1) is 11.2 Å². The molecule has 1 saturated heterocycles. The second-order valence-electron chi connectivity index (χ2n) is 6.43. The van der Waals surface area contributed by atoms with Crippen LogP contribution in [0.25, 0.3) is 0 Å². The van der Waals surface area contributed by atoms with Crippen LogP contribution < -0.4 is 0 Å². The van der Waals surface area contributed by atoms with Crippen molar-refractivity contribution in [2.24, 2.45) is 11.8 Å². The molecule has 1 heterocycles. The average Bonchev–Trinajstić information content (AvgIpc) is 2.75. The first-order chi connectivity index (χ1) is 6.74. The topological polar surface area (TPSA) is 18.5 Å². The monoisotopic (exact) mass is 210 g/mol. The van der Waals surface area contributed by atoms with E-state index in [1.54, 1.807) is 0 Å². The van der Waals surface area contributed by atoms with Crippen LogP contribution in [0.1, 0.15) is 48.0 Å². The van der Waals surface area contributed by atoms with Gasteiger partial charge in [-0.3, -0.25) is 0 Å². The Morgan fingerprint density at radius 1 is 1.07 bits per heavy atom. The lowest BCUT2D eigenvalue weighted by molar-refractivity contribution is 0.00578. The van der Waals surface area contributed by atoms with Gasteiger partial charge in [0.2, 0.25) is 0 Å². The molecule has 0 spiro atoms. The lowest BCUT2D eigenvalue weighted by atomic mass is 9.79. The van der Waals surface area contributed by atoms with E-state index in [4.69, 9.17) is 9.31 Å². The Bertz CT molecular complexity index is 244. The Kier molecular flexibility index (Phi) is 2.48. The molecule has 0 radical (unpaired) electrons. The molecule has 2 fully saturated rings. The Morgan fingerprint density at radius 3 is 1.87 bits per heavy atom. The summed E-state index contributed by atoms with van der Waals surface area (Å²) in [5.41, 5.74) is -0.330. The van der Waals surface area contributed by atoms with E-state index in [0.29, 0.717) is 5.82 Å². The lowest BCUT2D eigenvalue weighted by Crippen LogP contribution is -2.41. The first-order valence-corrected chi connectivity index (χ1v) is 6.10. The second-order valence-corrected chi connectivity index (χ2v) is 6.43. The highest BCUT2D eigenvalue weighted by molar-refractivity contribution is 6.48. The highest BCUT2D eigenvalue weighted by Crippen LogP contribution is 2.55. The van der Waals surface area contributed by atoms with Crippen molar-refractivity contribution in [2.75, 3.05) is 0 Å². The van der Waals surface area contributed by atoms with Gasteiger partial charge in [0, 0.05) is 0 Å². The van der Waals surface area contributed by atoms with E-state index in [1.165, 1.54) is 6.42 Å². The smallest absolute Gasteiger partial charge is 0.403 e. The summed E-state index contributed by atoms with van der Waals surface area (Å²) < 4.78 is 12.1. The van der Waals surface area contributed by atoms with Crippen LogP contribution in [0, 0.1) is 11.8 Å². The molecule has 0 N–H and O–H groups in total. The van der Waals surface area contributed by atoms with E-state index < -0.39 is 0 Å². The molecule has 2 aliphatic rings. The summed E-state index contributed by atoms with van der Waals surface area (Å²) in [4.78, 5) is 0. The minimum atomic E-state index is -0.165. The molecule has 2 rings (SSSR count). The highest BCUT2D eigenvalue weighted by Gasteiger charge is 2.59. The van der Waals surface area contributed by atoms with Crippen molar-refractivity contribution < 1.29 is 9.31 Å². The molecule has 15 heavy (non-hydrogen) atoms. The average molecular weight is 210 g/mol. The largest absolute Gasteiger partial charge is 0.461 e. The van der Waals surface area contributed by atoms with E-state index in [2.05, 4.69) is 41.5 Å². The van der Waals surface area contributed by atoms with Gasteiger partial charge in [0.1, 0.15) is 0 Å². The van der Waals surface area contributed by atoms with Gasteiger partial charge in [-0.05, 0) is 51.8 Å². The minimum absolute atomic E-state index is 0.0300. The highest BCUT2D eigenvalue weighted by atomic mass is 16.7. The summed E-state index contributed by atoms with van der Waals surface area (Å²) in [5.74, 6) is 2.19. The van der Waals surface area contributed by atoms with Crippen molar-refractivity contribution in [1.82, 2.24) is 0 Å². The van der Waals surface area contributed by atoms with Crippen molar-refractivity contribution in [3.05, 3.63) is 0 Å². The quantitative estimate of drug-likeness (QED) is 0.652. The van der Waals surface area contributed by atoms with E-state index in [9.17, 15) is 0 Å². The molecule has 0 aromatic rings. The molecule has 0 aromatic heterocycles. The first-order valence-electron chi connectivity index (χ1n) is 6.10. The van der Waals surface area contributed by atoms with Gasteiger partial charge in [-0.25, -0.2) is 0 Å². The van der Waals surface area contributed by atoms with Crippen LogP contribution in [0.2, 0.25) is 5.82 Å². The van der Waals surface area contributed by atoms with Crippen molar-refractivity contribution in [3.8, 4) is 0 Å². The molecule has 0 amide bonds. The zero-order chi connectivity index (χ0) is 11.4. The molecule has 1 aliphatic heterocycles. The Morgan fingerprint density at radius 2 is 1.53 bits per heavy atom. The third kappa shape index (κ3) is 1.85. The standard InChI is InChI=1S/C12H23BO2/c1-8(2)9-7-10(9)13-14-11(3,4)12(5,6)15-13/h8-10H,7H2,1-6H3/t9-,10?/m1/s1. The zero-order valence-corrected chi connectivity index (χ0v) is 10.8. The van der Waals surface area contributed by atoms with Crippen molar-refractivity contribution >= 4 is 7.12 Å². The summed E-state index contributed by atoms with van der Waals surface area (Å²) in [5, 5.41) is 0. The van der Waals surface area contributed by atoms with E-state index in [1.807, 2.05) is 0 Å². The van der Waals surface area contributed by atoms with Gasteiger partial charge in [-0.1, -0.05) is 13.8 Å². The summed E-state index contributed by atoms with van der Waals surface area (Å²) >= 11 is 0. The molecule has 1 saturated carbocycles. The number of hydrogen-bond donors (Lipinski definition) is 0. The molecule has 2 atom stereocenters. The van der Waals surface area contributed by atoms with E-state index in [0.717, 1.165) is 11.8 Å². The fraction of sp³-hybridized carbons (Fsp3) is 1.00. The van der Waals surface area contributed by atoms with Crippen LogP contribution >= 0.6 is 0 Å². The van der Waals surface area contributed by atoms with Crippen LogP contribution in [-0.2, 0) is 9.31 Å². The molecule has 1 aliphatic carbocycles. The predicted molar refractivity (Wildman–Crippen MR) is 62.8 cm³/mol. The SMILES string of the molecule is CC(C)[C@H]1CC1B1OC(C)(C)C(C)(C)O1. The third-order valence-electron chi connectivity index (χ3n) is 4.37. The molecule has 0 aromatic carbocycles. The Balaban J connectivity index is 2.00.